The molecule has 1 heterocycles. The van der Waals surface area contributed by atoms with Crippen molar-refractivity contribution < 1.29 is 9.53 Å². The van der Waals surface area contributed by atoms with Crippen molar-refractivity contribution in [2.75, 3.05) is 6.61 Å². The van der Waals surface area contributed by atoms with Gasteiger partial charge >= 0.3 is 0 Å². The van der Waals surface area contributed by atoms with E-state index in [2.05, 4.69) is 24.2 Å². The van der Waals surface area contributed by atoms with Gasteiger partial charge in [0.1, 0.15) is 5.75 Å². The van der Waals surface area contributed by atoms with Gasteiger partial charge in [0.15, 0.2) is 5.69 Å². The Bertz CT molecular complexity index is 575. The smallest absolute Gasteiger partial charge is 0.270 e. The van der Waals surface area contributed by atoms with Crippen molar-refractivity contribution in [3.8, 4) is 11.4 Å². The zero-order chi connectivity index (χ0) is 14.5. The van der Waals surface area contributed by atoms with E-state index in [9.17, 15) is 4.79 Å². The molecule has 2 aromatic rings. The Labute approximate surface area is 117 Å². The summed E-state index contributed by atoms with van der Waals surface area (Å²) in [6.45, 7) is 5.02. The molecule has 0 aliphatic rings. The van der Waals surface area contributed by atoms with Crippen molar-refractivity contribution >= 4 is 5.91 Å². The molecular weight excluding hydrogens is 256 g/mol. The number of rotatable bonds is 6. The fraction of sp³-hybridized carbons (Fsp3) is 0.357. The van der Waals surface area contributed by atoms with Crippen LogP contribution in [-0.2, 0) is 0 Å². The summed E-state index contributed by atoms with van der Waals surface area (Å²) in [5, 5.41) is 7.54. The highest BCUT2D eigenvalue weighted by Crippen LogP contribution is 2.15. The van der Waals surface area contributed by atoms with E-state index in [0.29, 0.717) is 12.5 Å². The van der Waals surface area contributed by atoms with Gasteiger partial charge in [-0.2, -0.15) is 0 Å². The second-order valence-electron chi connectivity index (χ2n) is 4.94. The zero-order valence-corrected chi connectivity index (χ0v) is 11.6. The van der Waals surface area contributed by atoms with Crippen molar-refractivity contribution in [1.82, 2.24) is 15.0 Å². The summed E-state index contributed by atoms with van der Waals surface area (Å²) in [5.41, 5.74) is 6.07. The lowest BCUT2D eigenvalue weighted by Crippen LogP contribution is -2.11. The highest BCUT2D eigenvalue weighted by molar-refractivity contribution is 5.90. The van der Waals surface area contributed by atoms with Gasteiger partial charge in [0.25, 0.3) is 5.91 Å². The molecule has 1 amide bonds. The minimum Gasteiger partial charge on any atom is -0.494 e. The Balaban J connectivity index is 2.01. The normalized spacial score (nSPS) is 10.8. The van der Waals surface area contributed by atoms with Crippen molar-refractivity contribution in [2.45, 2.75) is 20.3 Å². The second kappa shape index (κ2) is 6.18. The van der Waals surface area contributed by atoms with Crippen LogP contribution >= 0.6 is 0 Å². The molecule has 0 spiro atoms. The molecule has 0 radical (unpaired) electrons. The number of amides is 1. The van der Waals surface area contributed by atoms with Crippen LogP contribution in [0.4, 0.5) is 0 Å². The topological polar surface area (TPSA) is 83.0 Å². The maximum atomic E-state index is 11.0. The van der Waals surface area contributed by atoms with Gasteiger partial charge in [-0.1, -0.05) is 19.1 Å². The summed E-state index contributed by atoms with van der Waals surface area (Å²) in [7, 11) is 0. The van der Waals surface area contributed by atoms with E-state index in [1.165, 1.54) is 10.9 Å². The first-order valence-corrected chi connectivity index (χ1v) is 6.51. The first kappa shape index (κ1) is 14.0. The van der Waals surface area contributed by atoms with Gasteiger partial charge in [-0.3, -0.25) is 4.79 Å². The molecule has 0 saturated heterocycles. The van der Waals surface area contributed by atoms with Gasteiger partial charge in [-0.15, -0.1) is 5.10 Å². The monoisotopic (exact) mass is 274 g/mol. The predicted molar refractivity (Wildman–Crippen MR) is 74.8 cm³/mol. The largest absolute Gasteiger partial charge is 0.494 e. The van der Waals surface area contributed by atoms with E-state index in [0.717, 1.165) is 17.9 Å². The van der Waals surface area contributed by atoms with E-state index < -0.39 is 5.91 Å². The van der Waals surface area contributed by atoms with Gasteiger partial charge in [0.2, 0.25) is 0 Å². The Morgan fingerprint density at radius 2 is 2.05 bits per heavy atom. The third-order valence-electron chi connectivity index (χ3n) is 2.81. The SMILES string of the molecule is CC(C)CCOc1ccc(-n2cc(C(N)=O)nn2)cc1. The van der Waals surface area contributed by atoms with Crippen molar-refractivity contribution in [2.24, 2.45) is 11.7 Å². The standard InChI is InChI=1S/C14H18N4O2/c1-10(2)7-8-20-12-5-3-11(4-6-12)18-9-13(14(15)19)16-17-18/h3-6,9-10H,7-8H2,1-2H3,(H2,15,19). The average molecular weight is 274 g/mol. The van der Waals surface area contributed by atoms with Gasteiger partial charge in [0.05, 0.1) is 18.5 Å². The number of benzene rings is 1. The number of carbonyl (C=O) groups is 1. The first-order valence-electron chi connectivity index (χ1n) is 6.51. The van der Waals surface area contributed by atoms with Crippen LogP contribution in [0.15, 0.2) is 30.5 Å². The molecule has 106 valence electrons. The number of ether oxygens (including phenoxy) is 1. The highest BCUT2D eigenvalue weighted by atomic mass is 16.5. The number of hydrogen-bond donors (Lipinski definition) is 1. The first-order chi connectivity index (χ1) is 9.56. The Hall–Kier alpha value is -2.37. The number of aromatic nitrogens is 3. The molecule has 20 heavy (non-hydrogen) atoms. The van der Waals surface area contributed by atoms with Gasteiger partial charge in [-0.25, -0.2) is 4.68 Å². The molecule has 1 aromatic heterocycles. The molecule has 2 rings (SSSR count). The maximum absolute atomic E-state index is 11.0. The predicted octanol–water partition coefficient (Wildman–Crippen LogP) is 1.79. The highest BCUT2D eigenvalue weighted by Gasteiger charge is 2.07. The molecule has 0 unspecified atom stereocenters. The minimum atomic E-state index is -0.593. The van der Waals surface area contributed by atoms with E-state index >= 15 is 0 Å². The Morgan fingerprint density at radius 3 is 2.60 bits per heavy atom. The molecule has 2 N–H and O–H groups in total. The molecule has 6 heteroatoms. The molecular formula is C14H18N4O2. The van der Waals surface area contributed by atoms with Crippen LogP contribution in [0.1, 0.15) is 30.8 Å². The number of nitrogens with zero attached hydrogens (tertiary/aromatic N) is 3. The summed E-state index contributed by atoms with van der Waals surface area (Å²) < 4.78 is 7.13. The van der Waals surface area contributed by atoms with E-state index in [4.69, 9.17) is 10.5 Å². The average Bonchev–Trinajstić information content (AvgIpc) is 2.89. The summed E-state index contributed by atoms with van der Waals surface area (Å²) in [4.78, 5) is 11.0. The maximum Gasteiger partial charge on any atom is 0.270 e. The fourth-order valence-corrected chi connectivity index (χ4v) is 1.61. The number of carbonyl (C=O) groups excluding carboxylic acids is 1. The summed E-state index contributed by atoms with van der Waals surface area (Å²) in [5.74, 6) is 0.839. The third kappa shape index (κ3) is 3.57. The van der Waals surface area contributed by atoms with Crippen LogP contribution in [0.25, 0.3) is 5.69 Å². The van der Waals surface area contributed by atoms with Crippen LogP contribution in [0.2, 0.25) is 0 Å². The molecule has 0 fully saturated rings. The second-order valence-corrected chi connectivity index (χ2v) is 4.94. The molecule has 0 aliphatic carbocycles. The minimum absolute atomic E-state index is 0.141. The van der Waals surface area contributed by atoms with E-state index in [1.54, 1.807) is 0 Å². The zero-order valence-electron chi connectivity index (χ0n) is 11.6. The Kier molecular flexibility index (Phi) is 4.34. The number of hydrogen-bond acceptors (Lipinski definition) is 4. The third-order valence-corrected chi connectivity index (χ3v) is 2.81. The van der Waals surface area contributed by atoms with Crippen LogP contribution in [-0.4, -0.2) is 27.5 Å². The van der Waals surface area contributed by atoms with Crippen molar-refractivity contribution in [3.63, 3.8) is 0 Å². The van der Waals surface area contributed by atoms with Crippen LogP contribution in [0.3, 0.4) is 0 Å². The lowest BCUT2D eigenvalue weighted by molar-refractivity contribution is 0.0995. The van der Waals surface area contributed by atoms with E-state index in [-0.39, 0.29) is 5.69 Å². The molecule has 0 atom stereocenters. The summed E-state index contributed by atoms with van der Waals surface area (Å²) in [6, 6.07) is 7.43. The summed E-state index contributed by atoms with van der Waals surface area (Å²) >= 11 is 0. The van der Waals surface area contributed by atoms with Crippen LogP contribution < -0.4 is 10.5 Å². The lowest BCUT2D eigenvalue weighted by Gasteiger charge is -2.08. The summed E-state index contributed by atoms with van der Waals surface area (Å²) in [6.07, 6.45) is 2.52. The fourth-order valence-electron chi connectivity index (χ4n) is 1.61. The lowest BCUT2D eigenvalue weighted by atomic mass is 10.1. The number of primary amides is 1. The van der Waals surface area contributed by atoms with Gasteiger partial charge in [-0.05, 0) is 36.6 Å². The molecule has 0 bridgehead atoms. The van der Waals surface area contributed by atoms with Gasteiger partial charge in [0, 0.05) is 0 Å². The van der Waals surface area contributed by atoms with Gasteiger partial charge < -0.3 is 10.5 Å². The van der Waals surface area contributed by atoms with Crippen molar-refractivity contribution in [3.05, 3.63) is 36.2 Å². The molecule has 0 saturated carbocycles. The Morgan fingerprint density at radius 1 is 1.35 bits per heavy atom. The molecule has 6 nitrogen and oxygen atoms in total. The number of nitrogens with two attached hydrogens (primary N) is 1. The van der Waals surface area contributed by atoms with Crippen LogP contribution in [0, 0.1) is 5.92 Å². The molecule has 0 aliphatic heterocycles. The van der Waals surface area contributed by atoms with Crippen LogP contribution in [0.5, 0.6) is 5.75 Å². The van der Waals surface area contributed by atoms with E-state index in [1.807, 2.05) is 24.3 Å². The quantitative estimate of drug-likeness (QED) is 0.870. The van der Waals surface area contributed by atoms with Crippen molar-refractivity contribution in [1.29, 1.82) is 0 Å². The molecule has 1 aromatic carbocycles.